The molecule has 30 nitrogen and oxygen atoms in total. The molecule has 0 spiro atoms. The van der Waals surface area contributed by atoms with Gasteiger partial charge in [-0.05, 0) is 32.4 Å². The number of hydrogen-bond acceptors (Lipinski definition) is 27. The maximum absolute atomic E-state index is 13.2. The summed E-state index contributed by atoms with van der Waals surface area (Å²) >= 11 is 0. The van der Waals surface area contributed by atoms with E-state index < -0.39 is 11.9 Å². The summed E-state index contributed by atoms with van der Waals surface area (Å²) in [5.74, 6) is -1.34. The van der Waals surface area contributed by atoms with Gasteiger partial charge in [-0.25, -0.2) is 0 Å². The van der Waals surface area contributed by atoms with Gasteiger partial charge in [-0.2, -0.15) is 0 Å². The molecule has 0 saturated heterocycles. The molecule has 0 aliphatic rings. The van der Waals surface area contributed by atoms with E-state index >= 15 is 0 Å². The molecule has 3 N–H and O–H groups in total. The van der Waals surface area contributed by atoms with E-state index in [4.69, 9.17) is 119 Å². The number of nitrogens with one attached hydrogen (secondary N) is 1. The van der Waals surface area contributed by atoms with Crippen LogP contribution in [0.3, 0.4) is 0 Å². The van der Waals surface area contributed by atoms with E-state index in [0.29, 0.717) is 317 Å². The predicted octanol–water partition coefficient (Wildman–Crippen LogP) is 6.77. The van der Waals surface area contributed by atoms with Crippen molar-refractivity contribution in [3.8, 4) is 0 Å². The lowest BCUT2D eigenvalue weighted by Gasteiger charge is -2.17. The molecule has 612 valence electrons. The number of aliphatic carboxylic acids is 2. The van der Waals surface area contributed by atoms with Crippen LogP contribution in [0.2, 0.25) is 0 Å². The molecule has 0 aromatic carbocycles. The molecule has 0 rings (SSSR count). The van der Waals surface area contributed by atoms with Crippen molar-refractivity contribution < 1.29 is 134 Å². The highest BCUT2D eigenvalue weighted by Crippen LogP contribution is 2.20. The van der Waals surface area contributed by atoms with Crippen LogP contribution in [0, 0.1) is 5.92 Å². The third-order valence-corrected chi connectivity index (χ3v) is 14.9. The van der Waals surface area contributed by atoms with Gasteiger partial charge in [0.25, 0.3) is 0 Å². The number of unbranched alkanes of at least 4 members (excludes halogenated alkanes) is 14. The summed E-state index contributed by atoms with van der Waals surface area (Å²) in [5, 5.41) is 20.7. The predicted molar refractivity (Wildman–Crippen MR) is 387 cm³/mol. The molecule has 0 aromatic rings. The average Bonchev–Trinajstić information content (AvgIpc) is 2.71. The second kappa shape index (κ2) is 91.5. The van der Waals surface area contributed by atoms with Gasteiger partial charge in [0, 0.05) is 25.3 Å². The first-order chi connectivity index (χ1) is 51.0. The molecular weight excluding hydrogens is 1350 g/mol. The number of carbonyl (C=O) groups excluding carboxylic acids is 1. The Morgan fingerprint density at radius 3 is 0.563 bits per heavy atom. The first-order valence-electron chi connectivity index (χ1n) is 38.4. The molecule has 0 fully saturated rings. The molecule has 103 heavy (non-hydrogen) atoms. The Balaban J connectivity index is 3.36. The monoisotopic (exact) mass is 1490 g/mol. The number of carboxylic acid groups (broad SMARTS) is 2. The van der Waals surface area contributed by atoms with E-state index in [1.807, 2.05) is 0 Å². The largest absolute Gasteiger partial charge is 0.481 e. The van der Waals surface area contributed by atoms with Crippen molar-refractivity contribution in [2.45, 2.75) is 128 Å². The Morgan fingerprint density at radius 2 is 0.388 bits per heavy atom. The van der Waals surface area contributed by atoms with Crippen LogP contribution >= 0.6 is 0 Å². The number of ether oxygens (including phenoxy) is 23. The van der Waals surface area contributed by atoms with Gasteiger partial charge in [0.1, 0.15) is 0 Å². The molecule has 0 unspecified atom stereocenters. The molecule has 0 aliphatic heterocycles. The van der Waals surface area contributed by atoms with Gasteiger partial charge in [0.2, 0.25) is 5.91 Å². The third-order valence-electron chi connectivity index (χ3n) is 14.9. The zero-order valence-electron chi connectivity index (χ0n) is 63.3. The van der Waals surface area contributed by atoms with Crippen molar-refractivity contribution in [1.82, 2.24) is 5.32 Å². The second-order valence-corrected chi connectivity index (χ2v) is 23.5. The van der Waals surface area contributed by atoms with E-state index in [1.165, 1.54) is 0 Å². The summed E-state index contributed by atoms with van der Waals surface area (Å²) in [5.41, 5.74) is 0. The van der Waals surface area contributed by atoms with E-state index in [9.17, 15) is 14.4 Å². The summed E-state index contributed by atoms with van der Waals surface area (Å²) in [6, 6.07) is 0. The van der Waals surface area contributed by atoms with Gasteiger partial charge in [-0.1, -0.05) is 89.9 Å². The standard InChI is InChI=1S/C73H142N2O28/c1-74-22-24-81-26-28-83-30-32-85-34-36-87-38-40-89-42-44-91-46-48-93-50-52-95-54-56-97-58-60-99-62-64-101-66-68-103-69-67-102-65-63-100-61-59-98-57-55-96-53-51-94-49-47-92-45-43-90-41-39-88-37-35-86-33-31-84-29-27-82-25-23-75-73(80)70(18-14-10-6-2-4-8-12-16-20-71(76)77)19-15-11-7-3-5-9-13-17-21-72(78)79/h70H,1-69H2,(H,75,80)(H,76,77)(H,78,79). The maximum Gasteiger partial charge on any atom is 0.303 e. The molecular formula is C73H142N2O28. The van der Waals surface area contributed by atoms with E-state index in [1.54, 1.807) is 0 Å². The van der Waals surface area contributed by atoms with Crippen LogP contribution in [0.1, 0.15) is 128 Å². The van der Waals surface area contributed by atoms with Crippen LogP contribution in [0.5, 0.6) is 0 Å². The lowest BCUT2D eigenvalue weighted by atomic mass is 9.93. The number of nitrogens with zero attached hydrogens (tertiary/aromatic N) is 1. The smallest absolute Gasteiger partial charge is 0.303 e. The third kappa shape index (κ3) is 91.5. The highest BCUT2D eigenvalue weighted by Gasteiger charge is 2.18. The molecule has 1 amide bonds. The van der Waals surface area contributed by atoms with Crippen LogP contribution in [-0.2, 0) is 123 Å². The van der Waals surface area contributed by atoms with E-state index in [-0.39, 0.29) is 24.7 Å². The molecule has 0 heterocycles. The zero-order chi connectivity index (χ0) is 74.1. The van der Waals surface area contributed by atoms with Gasteiger partial charge >= 0.3 is 11.9 Å². The SMILES string of the molecule is C=NCCOCCOCCOCCOCCOCCOCCOCCOCCOCCOCCOCCOCCOCCOCCOCCOCCOCCOCCOCCOCCOCCOCCOCCNC(=O)C(CCCCCCCCCCC(=O)O)CCCCCCCCCCC(=O)O. The molecule has 0 saturated carbocycles. The Labute approximate surface area is 617 Å². The number of hydrogen-bond donors (Lipinski definition) is 3. The van der Waals surface area contributed by atoms with Crippen LogP contribution in [0.4, 0.5) is 0 Å². The molecule has 0 aromatic heterocycles. The fourth-order valence-corrected chi connectivity index (χ4v) is 9.32. The Bertz CT molecular complexity index is 1640. The van der Waals surface area contributed by atoms with Crippen LogP contribution < -0.4 is 5.32 Å². The summed E-state index contributed by atoms with van der Waals surface area (Å²) in [6.45, 7) is 26.6. The highest BCUT2D eigenvalue weighted by molar-refractivity contribution is 5.78. The normalized spacial score (nSPS) is 11.7. The molecule has 0 atom stereocenters. The highest BCUT2D eigenvalue weighted by atomic mass is 16.6. The van der Waals surface area contributed by atoms with Crippen LogP contribution in [-0.4, -0.2) is 352 Å². The van der Waals surface area contributed by atoms with Crippen LogP contribution in [0.25, 0.3) is 0 Å². The van der Waals surface area contributed by atoms with Crippen molar-refractivity contribution in [2.24, 2.45) is 10.9 Å². The van der Waals surface area contributed by atoms with Gasteiger partial charge in [-0.15, -0.1) is 0 Å². The fourth-order valence-electron chi connectivity index (χ4n) is 9.32. The maximum atomic E-state index is 13.2. The van der Waals surface area contributed by atoms with Crippen LogP contribution in [0.15, 0.2) is 4.99 Å². The minimum atomic E-state index is -0.723. The number of aliphatic imine (C=N–C) groups is 1. The number of rotatable bonds is 95. The first-order valence-corrected chi connectivity index (χ1v) is 38.4. The zero-order valence-corrected chi connectivity index (χ0v) is 63.3. The first kappa shape index (κ1) is 100. The van der Waals surface area contributed by atoms with Gasteiger partial charge in [0.05, 0.1) is 310 Å². The number of amides is 1. The molecule has 30 heteroatoms. The van der Waals surface area contributed by atoms with Crippen molar-refractivity contribution >= 4 is 24.6 Å². The van der Waals surface area contributed by atoms with Crippen molar-refractivity contribution in [1.29, 1.82) is 0 Å². The minimum absolute atomic E-state index is 0.00209. The van der Waals surface area contributed by atoms with Gasteiger partial charge < -0.3 is 124 Å². The number of carboxylic acids is 2. The van der Waals surface area contributed by atoms with Gasteiger partial charge in [-0.3, -0.25) is 19.4 Å². The summed E-state index contributed by atoms with van der Waals surface area (Å²) < 4.78 is 127. The van der Waals surface area contributed by atoms with E-state index in [2.05, 4.69) is 17.0 Å². The topological polar surface area (TPSA) is 328 Å². The summed E-state index contributed by atoms with van der Waals surface area (Å²) in [7, 11) is 0. The number of carbonyl (C=O) groups is 3. The molecule has 0 radical (unpaired) electrons. The Kier molecular flexibility index (Phi) is 89.0. The van der Waals surface area contributed by atoms with Crippen molar-refractivity contribution in [2.75, 3.05) is 317 Å². The second-order valence-electron chi connectivity index (χ2n) is 23.5. The lowest BCUT2D eigenvalue weighted by molar-refractivity contribution is -0.138. The molecule has 0 aliphatic carbocycles. The summed E-state index contributed by atoms with van der Waals surface area (Å²) in [6.07, 6.45) is 18.9. The van der Waals surface area contributed by atoms with Gasteiger partial charge in [0.15, 0.2) is 0 Å². The van der Waals surface area contributed by atoms with E-state index in [0.717, 1.165) is 116 Å². The van der Waals surface area contributed by atoms with Crippen molar-refractivity contribution in [3.05, 3.63) is 0 Å². The molecule has 0 bridgehead atoms. The fraction of sp³-hybridized carbons (Fsp3) is 0.945. The Morgan fingerprint density at radius 1 is 0.233 bits per heavy atom. The lowest BCUT2D eigenvalue weighted by Crippen LogP contribution is -2.33. The van der Waals surface area contributed by atoms with Crippen molar-refractivity contribution in [3.63, 3.8) is 0 Å². The quantitative estimate of drug-likeness (QED) is 0.0417. The Hall–Kier alpha value is -2.84. The summed E-state index contributed by atoms with van der Waals surface area (Å²) in [4.78, 5) is 38.3. The minimum Gasteiger partial charge on any atom is -0.481 e. The average molecular weight is 1500 g/mol.